The third-order valence-corrected chi connectivity index (χ3v) is 5.32. The summed E-state index contributed by atoms with van der Waals surface area (Å²) in [7, 11) is 0. The summed E-state index contributed by atoms with van der Waals surface area (Å²) in [5.74, 6) is 0.619. The minimum Gasteiger partial charge on any atom is -0.373 e. The maximum Gasteiger partial charge on any atom is 0.237 e. The summed E-state index contributed by atoms with van der Waals surface area (Å²) in [6.07, 6.45) is 5.06. The van der Waals surface area contributed by atoms with Gasteiger partial charge in [-0.25, -0.2) is 0 Å². The Kier molecular flexibility index (Phi) is 8.35. The van der Waals surface area contributed by atoms with Crippen LogP contribution in [0.5, 0.6) is 0 Å². The maximum absolute atomic E-state index is 12.8. The second kappa shape index (κ2) is 10.3. The Hall–Kier alpha value is -1.14. The highest BCUT2D eigenvalue weighted by atomic mass is 16.5. The lowest BCUT2D eigenvalue weighted by Crippen LogP contribution is -2.57. The fourth-order valence-electron chi connectivity index (χ4n) is 4.20. The lowest BCUT2D eigenvalue weighted by molar-refractivity contribution is -0.135. The average molecular weight is 368 g/mol. The van der Waals surface area contributed by atoms with Gasteiger partial charge in [0.15, 0.2) is 0 Å². The molecule has 26 heavy (non-hydrogen) atoms. The number of ether oxygens (including phenoxy) is 1. The molecule has 0 aromatic heterocycles. The summed E-state index contributed by atoms with van der Waals surface area (Å²) < 4.78 is 5.80. The first kappa shape index (κ1) is 21.2. The molecule has 6 nitrogen and oxygen atoms in total. The molecule has 2 aliphatic heterocycles. The van der Waals surface area contributed by atoms with Crippen LogP contribution in [0.4, 0.5) is 0 Å². The van der Waals surface area contributed by atoms with E-state index < -0.39 is 0 Å². The van der Waals surface area contributed by atoms with E-state index in [1.165, 1.54) is 0 Å². The van der Waals surface area contributed by atoms with Crippen molar-refractivity contribution < 1.29 is 14.3 Å². The maximum atomic E-state index is 12.8. The molecule has 0 radical (unpaired) electrons. The van der Waals surface area contributed by atoms with Crippen LogP contribution in [0.15, 0.2) is 0 Å². The molecule has 2 amide bonds. The number of rotatable bonds is 7. The van der Waals surface area contributed by atoms with Crippen LogP contribution in [0.3, 0.4) is 0 Å². The highest BCUT2D eigenvalue weighted by Crippen LogP contribution is 2.18. The van der Waals surface area contributed by atoms with Gasteiger partial charge in [-0.1, -0.05) is 20.3 Å². The van der Waals surface area contributed by atoms with Crippen LogP contribution in [-0.4, -0.2) is 72.6 Å². The Balaban J connectivity index is 1.79. The molecule has 150 valence electrons. The standard InChI is InChI=1S/C20H37N3O3/c1-15(2)19(23-13-16(3)26-17(4)14-23)20(25)21-10-8-12-22-11-7-5-6-9-18(22)24/h15-17,19H,5-14H2,1-4H3,(H,21,25). The van der Waals surface area contributed by atoms with Gasteiger partial charge in [0.05, 0.1) is 18.2 Å². The second-order valence-corrected chi connectivity index (χ2v) is 8.24. The van der Waals surface area contributed by atoms with Crippen molar-refractivity contribution in [3.8, 4) is 0 Å². The first-order chi connectivity index (χ1) is 12.4. The van der Waals surface area contributed by atoms with Crippen LogP contribution in [0, 0.1) is 5.92 Å². The molecule has 3 atom stereocenters. The van der Waals surface area contributed by atoms with Crippen molar-refractivity contribution in [2.75, 3.05) is 32.7 Å². The monoisotopic (exact) mass is 367 g/mol. The molecule has 2 aliphatic rings. The third kappa shape index (κ3) is 6.23. The van der Waals surface area contributed by atoms with E-state index in [1.54, 1.807) is 0 Å². The van der Waals surface area contributed by atoms with E-state index in [4.69, 9.17) is 4.74 Å². The Morgan fingerprint density at radius 3 is 2.54 bits per heavy atom. The van der Waals surface area contributed by atoms with Gasteiger partial charge in [-0.3, -0.25) is 14.5 Å². The van der Waals surface area contributed by atoms with Crippen LogP contribution < -0.4 is 5.32 Å². The fraction of sp³-hybridized carbons (Fsp3) is 0.900. The Labute approximate surface area is 158 Å². The van der Waals surface area contributed by atoms with Gasteiger partial charge in [0, 0.05) is 39.1 Å². The minimum absolute atomic E-state index is 0.100. The van der Waals surface area contributed by atoms with E-state index in [1.807, 2.05) is 4.90 Å². The van der Waals surface area contributed by atoms with Crippen molar-refractivity contribution in [3.05, 3.63) is 0 Å². The van der Waals surface area contributed by atoms with Gasteiger partial charge in [0.2, 0.25) is 11.8 Å². The Morgan fingerprint density at radius 2 is 1.88 bits per heavy atom. The van der Waals surface area contributed by atoms with Crippen LogP contribution >= 0.6 is 0 Å². The zero-order chi connectivity index (χ0) is 19.1. The zero-order valence-corrected chi connectivity index (χ0v) is 17.0. The Bertz CT molecular complexity index is 459. The third-order valence-electron chi connectivity index (χ3n) is 5.32. The van der Waals surface area contributed by atoms with Gasteiger partial charge in [-0.15, -0.1) is 0 Å². The second-order valence-electron chi connectivity index (χ2n) is 8.24. The van der Waals surface area contributed by atoms with Crippen molar-refractivity contribution >= 4 is 11.8 Å². The number of nitrogens with one attached hydrogen (secondary N) is 1. The van der Waals surface area contributed by atoms with Gasteiger partial charge in [-0.05, 0) is 39.0 Å². The SMILES string of the molecule is CC1CN(C(C(=O)NCCCN2CCCCCC2=O)C(C)C)CC(C)O1. The van der Waals surface area contributed by atoms with Gasteiger partial charge in [0.25, 0.3) is 0 Å². The highest BCUT2D eigenvalue weighted by Gasteiger charge is 2.33. The fourth-order valence-corrected chi connectivity index (χ4v) is 4.20. The Morgan fingerprint density at radius 1 is 1.19 bits per heavy atom. The topological polar surface area (TPSA) is 61.9 Å². The number of morpholine rings is 1. The first-order valence-corrected chi connectivity index (χ1v) is 10.3. The number of amides is 2. The summed E-state index contributed by atoms with van der Waals surface area (Å²) >= 11 is 0. The van der Waals surface area contributed by atoms with E-state index in [-0.39, 0.29) is 36.0 Å². The molecule has 0 aliphatic carbocycles. The number of carbonyl (C=O) groups excluding carboxylic acids is 2. The largest absolute Gasteiger partial charge is 0.373 e. The summed E-state index contributed by atoms with van der Waals surface area (Å²) in [6, 6.07) is -0.122. The lowest BCUT2D eigenvalue weighted by Gasteiger charge is -2.41. The van der Waals surface area contributed by atoms with Gasteiger partial charge in [-0.2, -0.15) is 0 Å². The van der Waals surface area contributed by atoms with Crippen molar-refractivity contribution in [2.45, 2.75) is 78.0 Å². The predicted molar refractivity (Wildman–Crippen MR) is 103 cm³/mol. The summed E-state index contributed by atoms with van der Waals surface area (Å²) in [6.45, 7) is 12.2. The number of likely N-dealkylation sites (tertiary alicyclic amines) is 1. The smallest absolute Gasteiger partial charge is 0.237 e. The van der Waals surface area contributed by atoms with E-state index in [2.05, 4.69) is 37.9 Å². The number of hydrogen-bond donors (Lipinski definition) is 1. The molecule has 2 saturated heterocycles. The molecule has 2 rings (SSSR count). The molecule has 0 spiro atoms. The number of hydrogen-bond acceptors (Lipinski definition) is 4. The molecule has 6 heteroatoms. The summed E-state index contributed by atoms with van der Waals surface area (Å²) in [4.78, 5) is 29.0. The molecule has 1 N–H and O–H groups in total. The van der Waals surface area contributed by atoms with E-state index in [0.29, 0.717) is 13.0 Å². The van der Waals surface area contributed by atoms with E-state index in [9.17, 15) is 9.59 Å². The molecular weight excluding hydrogens is 330 g/mol. The average Bonchev–Trinajstić information content (AvgIpc) is 2.75. The molecule has 2 fully saturated rings. The number of carbonyl (C=O) groups is 2. The minimum atomic E-state index is -0.122. The summed E-state index contributed by atoms with van der Waals surface area (Å²) in [5, 5.41) is 3.10. The highest BCUT2D eigenvalue weighted by molar-refractivity contribution is 5.82. The molecular formula is C20H37N3O3. The molecule has 2 heterocycles. The molecule has 0 bridgehead atoms. The van der Waals surface area contributed by atoms with Crippen molar-refractivity contribution in [1.82, 2.24) is 15.1 Å². The summed E-state index contributed by atoms with van der Waals surface area (Å²) in [5.41, 5.74) is 0. The first-order valence-electron chi connectivity index (χ1n) is 10.3. The van der Waals surface area contributed by atoms with Gasteiger partial charge in [0.1, 0.15) is 0 Å². The van der Waals surface area contributed by atoms with Crippen LogP contribution in [-0.2, 0) is 14.3 Å². The predicted octanol–water partition coefficient (Wildman–Crippen LogP) is 2.03. The lowest BCUT2D eigenvalue weighted by atomic mass is 9.99. The van der Waals surface area contributed by atoms with Crippen molar-refractivity contribution in [1.29, 1.82) is 0 Å². The molecule has 3 unspecified atom stereocenters. The van der Waals surface area contributed by atoms with Crippen molar-refractivity contribution in [3.63, 3.8) is 0 Å². The van der Waals surface area contributed by atoms with Crippen LogP contribution in [0.25, 0.3) is 0 Å². The van der Waals surface area contributed by atoms with Crippen LogP contribution in [0.2, 0.25) is 0 Å². The molecule has 0 aromatic rings. The van der Waals surface area contributed by atoms with Gasteiger partial charge >= 0.3 is 0 Å². The van der Waals surface area contributed by atoms with E-state index in [0.717, 1.165) is 51.9 Å². The molecule has 0 saturated carbocycles. The number of nitrogens with zero attached hydrogens (tertiary/aromatic N) is 2. The van der Waals surface area contributed by atoms with Gasteiger partial charge < -0.3 is 15.0 Å². The van der Waals surface area contributed by atoms with Crippen molar-refractivity contribution in [2.24, 2.45) is 5.92 Å². The molecule has 0 aromatic carbocycles. The quantitative estimate of drug-likeness (QED) is 0.700. The zero-order valence-electron chi connectivity index (χ0n) is 17.0. The van der Waals surface area contributed by atoms with E-state index >= 15 is 0 Å². The normalized spacial score (nSPS) is 26.7. The van der Waals surface area contributed by atoms with Crippen LogP contribution in [0.1, 0.15) is 59.8 Å².